The third kappa shape index (κ3) is 2.12. The lowest BCUT2D eigenvalue weighted by molar-refractivity contribution is 0.0686. The molecule has 0 saturated carbocycles. The Labute approximate surface area is 107 Å². The molecule has 98 valence electrons. The second kappa shape index (κ2) is 5.06. The molecule has 1 unspecified atom stereocenters. The first-order chi connectivity index (χ1) is 8.56. The van der Waals surface area contributed by atoms with Crippen molar-refractivity contribution in [3.63, 3.8) is 0 Å². The van der Waals surface area contributed by atoms with Crippen molar-refractivity contribution in [2.75, 3.05) is 33.9 Å². The predicted molar refractivity (Wildman–Crippen MR) is 69.5 cm³/mol. The van der Waals surface area contributed by atoms with Crippen molar-refractivity contribution in [1.82, 2.24) is 9.80 Å². The van der Waals surface area contributed by atoms with Crippen molar-refractivity contribution < 1.29 is 9.18 Å². The van der Waals surface area contributed by atoms with E-state index in [9.17, 15) is 9.18 Å². The molecule has 0 saturated heterocycles. The molecular weight excluding hydrogens is 231 g/mol. The predicted octanol–water partition coefficient (Wildman–Crippen LogP) is 2.02. The van der Waals surface area contributed by atoms with E-state index in [1.807, 2.05) is 44.1 Å². The summed E-state index contributed by atoms with van der Waals surface area (Å²) in [6.45, 7) is 2.33. The van der Waals surface area contributed by atoms with Crippen molar-refractivity contribution in [1.29, 1.82) is 0 Å². The number of amides is 1. The van der Waals surface area contributed by atoms with E-state index in [0.717, 1.165) is 23.2 Å². The van der Waals surface area contributed by atoms with Crippen LogP contribution in [-0.4, -0.2) is 49.6 Å². The molecule has 1 aliphatic rings. The summed E-state index contributed by atoms with van der Waals surface area (Å²) in [5.74, 6) is -0.0346. The van der Waals surface area contributed by atoms with Crippen molar-refractivity contribution >= 4 is 5.91 Å². The Bertz CT molecular complexity index is 459. The average Bonchev–Trinajstić information content (AvgIpc) is 2.56. The number of fused-ring (bicyclic) bond motifs is 1. The molecule has 1 atom stereocenters. The zero-order chi connectivity index (χ0) is 13.3. The number of halogens is 1. The van der Waals surface area contributed by atoms with E-state index in [0.29, 0.717) is 0 Å². The second-order valence-corrected chi connectivity index (χ2v) is 5.00. The van der Waals surface area contributed by atoms with Crippen LogP contribution in [0.4, 0.5) is 4.39 Å². The molecular formula is C14H19FN2O. The van der Waals surface area contributed by atoms with Crippen LogP contribution in [0.5, 0.6) is 0 Å². The van der Waals surface area contributed by atoms with Gasteiger partial charge in [-0.25, -0.2) is 4.39 Å². The summed E-state index contributed by atoms with van der Waals surface area (Å²) >= 11 is 0. The summed E-state index contributed by atoms with van der Waals surface area (Å²) in [4.78, 5) is 16.0. The van der Waals surface area contributed by atoms with E-state index < -0.39 is 6.67 Å². The van der Waals surface area contributed by atoms with Gasteiger partial charge in [-0.3, -0.25) is 4.79 Å². The number of carbonyl (C=O) groups is 1. The zero-order valence-electron chi connectivity index (χ0n) is 11.1. The quantitative estimate of drug-likeness (QED) is 0.816. The van der Waals surface area contributed by atoms with Crippen LogP contribution in [0.2, 0.25) is 0 Å². The lowest BCUT2D eigenvalue weighted by Gasteiger charge is -2.26. The molecule has 0 aliphatic carbocycles. The standard InChI is InChI=1S/C14H19FN2O/c1-10-5-4-6-11-12(9-16(2)3)17(8-7-15)14(18)13(10)11/h4-6,12H,7-9H2,1-3H3. The fourth-order valence-electron chi connectivity index (χ4n) is 2.60. The van der Waals surface area contributed by atoms with Gasteiger partial charge in [-0.1, -0.05) is 18.2 Å². The van der Waals surface area contributed by atoms with E-state index in [1.54, 1.807) is 4.90 Å². The minimum Gasteiger partial charge on any atom is -0.328 e. The number of alkyl halides is 1. The number of hydrogen-bond donors (Lipinski definition) is 0. The lowest BCUT2D eigenvalue weighted by atomic mass is 10.0. The van der Waals surface area contributed by atoms with Crippen LogP contribution in [0.25, 0.3) is 0 Å². The highest BCUT2D eigenvalue weighted by molar-refractivity contribution is 6.00. The van der Waals surface area contributed by atoms with Gasteiger partial charge in [0.2, 0.25) is 0 Å². The van der Waals surface area contributed by atoms with E-state index in [2.05, 4.69) is 0 Å². The second-order valence-electron chi connectivity index (χ2n) is 5.00. The third-order valence-corrected chi connectivity index (χ3v) is 3.38. The monoisotopic (exact) mass is 250 g/mol. The maximum Gasteiger partial charge on any atom is 0.255 e. The molecule has 0 radical (unpaired) electrons. The number of nitrogens with zero attached hydrogens (tertiary/aromatic N) is 2. The van der Waals surface area contributed by atoms with Crippen molar-refractivity contribution in [3.8, 4) is 0 Å². The highest BCUT2D eigenvalue weighted by atomic mass is 19.1. The summed E-state index contributed by atoms with van der Waals surface area (Å²) < 4.78 is 12.6. The Kier molecular flexibility index (Phi) is 3.66. The summed E-state index contributed by atoms with van der Waals surface area (Å²) in [6, 6.07) is 5.84. The molecule has 2 rings (SSSR count). The van der Waals surface area contributed by atoms with Gasteiger partial charge in [0.15, 0.2) is 0 Å². The van der Waals surface area contributed by atoms with Gasteiger partial charge in [-0.2, -0.15) is 0 Å². The SMILES string of the molecule is Cc1cccc2c1C(=O)N(CCF)C2CN(C)C. The van der Waals surface area contributed by atoms with Crippen LogP contribution in [0.15, 0.2) is 18.2 Å². The van der Waals surface area contributed by atoms with E-state index in [1.165, 1.54) is 0 Å². The van der Waals surface area contributed by atoms with Gasteiger partial charge in [-0.05, 0) is 32.1 Å². The number of aryl methyl sites for hydroxylation is 1. The van der Waals surface area contributed by atoms with Crippen molar-refractivity contribution in [3.05, 3.63) is 34.9 Å². The van der Waals surface area contributed by atoms with Gasteiger partial charge in [0.25, 0.3) is 5.91 Å². The van der Waals surface area contributed by atoms with Gasteiger partial charge < -0.3 is 9.80 Å². The van der Waals surface area contributed by atoms with Gasteiger partial charge in [-0.15, -0.1) is 0 Å². The molecule has 1 amide bonds. The molecule has 0 N–H and O–H groups in total. The Balaban J connectivity index is 2.42. The van der Waals surface area contributed by atoms with Gasteiger partial charge in [0.1, 0.15) is 6.67 Å². The van der Waals surface area contributed by atoms with Crippen LogP contribution >= 0.6 is 0 Å². The van der Waals surface area contributed by atoms with Crippen LogP contribution < -0.4 is 0 Å². The van der Waals surface area contributed by atoms with E-state index in [4.69, 9.17) is 0 Å². The van der Waals surface area contributed by atoms with Crippen molar-refractivity contribution in [2.24, 2.45) is 0 Å². The maximum absolute atomic E-state index is 12.6. The normalized spacial score (nSPS) is 18.6. The third-order valence-electron chi connectivity index (χ3n) is 3.38. The minimum atomic E-state index is -0.497. The van der Waals surface area contributed by atoms with Gasteiger partial charge in [0, 0.05) is 12.1 Å². The maximum atomic E-state index is 12.6. The molecule has 0 bridgehead atoms. The molecule has 3 nitrogen and oxygen atoms in total. The molecule has 0 spiro atoms. The summed E-state index contributed by atoms with van der Waals surface area (Å²) in [5.41, 5.74) is 2.77. The molecule has 4 heteroatoms. The number of hydrogen-bond acceptors (Lipinski definition) is 2. The molecule has 1 aliphatic heterocycles. The zero-order valence-corrected chi connectivity index (χ0v) is 11.1. The highest BCUT2D eigenvalue weighted by Gasteiger charge is 2.37. The number of likely N-dealkylation sites (N-methyl/N-ethyl adjacent to an activating group) is 1. The topological polar surface area (TPSA) is 23.6 Å². The first-order valence-corrected chi connectivity index (χ1v) is 6.17. The average molecular weight is 250 g/mol. The first kappa shape index (κ1) is 13.0. The van der Waals surface area contributed by atoms with E-state index >= 15 is 0 Å². The van der Waals surface area contributed by atoms with Crippen LogP contribution in [0.1, 0.15) is 27.5 Å². The van der Waals surface area contributed by atoms with Crippen LogP contribution in [0, 0.1) is 6.92 Å². The van der Waals surface area contributed by atoms with Gasteiger partial charge in [0.05, 0.1) is 12.6 Å². The molecule has 0 aromatic heterocycles. The molecule has 1 aromatic carbocycles. The number of benzene rings is 1. The lowest BCUT2D eigenvalue weighted by Crippen LogP contribution is -2.35. The largest absolute Gasteiger partial charge is 0.328 e. The number of rotatable bonds is 4. The minimum absolute atomic E-state index is 0.0295. The first-order valence-electron chi connectivity index (χ1n) is 6.17. The highest BCUT2D eigenvalue weighted by Crippen LogP contribution is 2.35. The molecule has 18 heavy (non-hydrogen) atoms. The van der Waals surface area contributed by atoms with Crippen LogP contribution in [-0.2, 0) is 0 Å². The molecule has 1 heterocycles. The molecule has 1 aromatic rings. The summed E-state index contributed by atoms with van der Waals surface area (Å²) in [7, 11) is 3.93. The smallest absolute Gasteiger partial charge is 0.255 e. The van der Waals surface area contributed by atoms with E-state index in [-0.39, 0.29) is 18.5 Å². The van der Waals surface area contributed by atoms with Crippen molar-refractivity contribution in [2.45, 2.75) is 13.0 Å². The Hall–Kier alpha value is -1.42. The summed E-state index contributed by atoms with van der Waals surface area (Å²) in [6.07, 6.45) is 0. The molecule has 0 fully saturated rings. The number of carbonyl (C=O) groups excluding carboxylic acids is 1. The Morgan fingerprint density at radius 1 is 1.39 bits per heavy atom. The Morgan fingerprint density at radius 2 is 2.11 bits per heavy atom. The fraction of sp³-hybridized carbons (Fsp3) is 0.500. The van der Waals surface area contributed by atoms with Gasteiger partial charge >= 0.3 is 0 Å². The Morgan fingerprint density at radius 3 is 2.72 bits per heavy atom. The van der Waals surface area contributed by atoms with Crippen LogP contribution in [0.3, 0.4) is 0 Å². The summed E-state index contributed by atoms with van der Waals surface area (Å²) in [5, 5.41) is 0. The fourth-order valence-corrected chi connectivity index (χ4v) is 2.60.